The molecule has 2 aromatic carbocycles. The van der Waals surface area contributed by atoms with Gasteiger partial charge >= 0.3 is 6.18 Å². The summed E-state index contributed by atoms with van der Waals surface area (Å²) in [5, 5.41) is 0. The Morgan fingerprint density at radius 2 is 1.69 bits per heavy atom. The zero-order valence-corrected chi connectivity index (χ0v) is 14.4. The normalized spacial score (nSPS) is 14.2. The lowest BCUT2D eigenvalue weighted by Crippen LogP contribution is -2.34. The Morgan fingerprint density at radius 3 is 2.31 bits per heavy atom. The topological polar surface area (TPSA) is 29.5 Å². The summed E-state index contributed by atoms with van der Waals surface area (Å²) < 4.78 is 45.0. The van der Waals surface area contributed by atoms with E-state index in [4.69, 9.17) is 4.74 Å². The standard InChI is InChI=1S/C20H20F3NO2/c1-26-18-9-5-3-6-14(18)12-19(25)24(16-10-11-16)13-15-7-2-4-8-17(15)20(21,22)23/h2-9,16H,10-13H2,1H3. The van der Waals surface area contributed by atoms with Gasteiger partial charge in [-0.2, -0.15) is 13.2 Å². The molecule has 6 heteroatoms. The second-order valence-electron chi connectivity index (χ2n) is 6.40. The molecule has 1 amide bonds. The van der Waals surface area contributed by atoms with Crippen molar-refractivity contribution >= 4 is 5.91 Å². The van der Waals surface area contributed by atoms with Crippen molar-refractivity contribution in [2.24, 2.45) is 0 Å². The molecule has 0 bridgehead atoms. The van der Waals surface area contributed by atoms with E-state index < -0.39 is 11.7 Å². The summed E-state index contributed by atoms with van der Waals surface area (Å²) in [5.74, 6) is 0.418. The SMILES string of the molecule is COc1ccccc1CC(=O)N(Cc1ccccc1C(F)(F)F)C1CC1. The number of nitrogens with zero attached hydrogens (tertiary/aromatic N) is 1. The minimum atomic E-state index is -4.43. The number of carbonyl (C=O) groups is 1. The van der Waals surface area contributed by atoms with Crippen LogP contribution in [0.2, 0.25) is 0 Å². The number of rotatable bonds is 6. The quantitative estimate of drug-likeness (QED) is 0.759. The van der Waals surface area contributed by atoms with E-state index in [2.05, 4.69) is 0 Å². The van der Waals surface area contributed by atoms with E-state index in [1.165, 1.54) is 19.2 Å². The van der Waals surface area contributed by atoms with E-state index in [-0.39, 0.29) is 30.5 Å². The maximum atomic E-state index is 13.2. The predicted molar refractivity (Wildman–Crippen MR) is 91.7 cm³/mol. The van der Waals surface area contributed by atoms with Gasteiger partial charge < -0.3 is 9.64 Å². The number of hydrogen-bond acceptors (Lipinski definition) is 2. The highest BCUT2D eigenvalue weighted by Gasteiger charge is 2.37. The first-order valence-corrected chi connectivity index (χ1v) is 8.46. The molecule has 1 aliphatic carbocycles. The van der Waals surface area contributed by atoms with Crippen molar-refractivity contribution < 1.29 is 22.7 Å². The highest BCUT2D eigenvalue weighted by atomic mass is 19.4. The number of para-hydroxylation sites is 1. The van der Waals surface area contributed by atoms with Crippen LogP contribution >= 0.6 is 0 Å². The lowest BCUT2D eigenvalue weighted by molar-refractivity contribution is -0.140. The fourth-order valence-corrected chi connectivity index (χ4v) is 3.04. The fourth-order valence-electron chi connectivity index (χ4n) is 3.04. The molecule has 26 heavy (non-hydrogen) atoms. The van der Waals surface area contributed by atoms with Gasteiger partial charge in [0.2, 0.25) is 5.91 Å². The van der Waals surface area contributed by atoms with Gasteiger partial charge in [-0.3, -0.25) is 4.79 Å². The summed E-state index contributed by atoms with van der Waals surface area (Å²) in [6.45, 7) is -0.0334. The van der Waals surface area contributed by atoms with Crippen molar-refractivity contribution in [1.29, 1.82) is 0 Å². The van der Waals surface area contributed by atoms with Gasteiger partial charge in [0, 0.05) is 18.2 Å². The summed E-state index contributed by atoms with van der Waals surface area (Å²) in [7, 11) is 1.53. The second kappa shape index (κ2) is 7.40. The maximum absolute atomic E-state index is 13.2. The van der Waals surface area contributed by atoms with Crippen molar-refractivity contribution in [3.8, 4) is 5.75 Å². The molecule has 0 spiro atoms. The number of carbonyl (C=O) groups excluding carboxylic acids is 1. The number of hydrogen-bond donors (Lipinski definition) is 0. The van der Waals surface area contributed by atoms with E-state index in [9.17, 15) is 18.0 Å². The lowest BCUT2D eigenvalue weighted by Gasteiger charge is -2.25. The number of methoxy groups -OCH3 is 1. The van der Waals surface area contributed by atoms with E-state index >= 15 is 0 Å². The van der Waals surface area contributed by atoms with Crippen LogP contribution in [0.25, 0.3) is 0 Å². The summed E-state index contributed by atoms with van der Waals surface area (Å²) in [6.07, 6.45) is -2.68. The molecule has 0 aromatic heterocycles. The van der Waals surface area contributed by atoms with E-state index in [0.717, 1.165) is 24.5 Å². The Bertz CT molecular complexity index is 785. The smallest absolute Gasteiger partial charge is 0.416 e. The minimum absolute atomic E-state index is 0.0125. The first kappa shape index (κ1) is 18.3. The number of ether oxygens (including phenoxy) is 1. The minimum Gasteiger partial charge on any atom is -0.496 e. The van der Waals surface area contributed by atoms with Crippen LogP contribution in [0.5, 0.6) is 5.75 Å². The number of benzene rings is 2. The first-order chi connectivity index (χ1) is 12.4. The van der Waals surface area contributed by atoms with Crippen LogP contribution in [0.3, 0.4) is 0 Å². The molecule has 0 aliphatic heterocycles. The van der Waals surface area contributed by atoms with Gasteiger partial charge in [0.15, 0.2) is 0 Å². The molecule has 138 valence electrons. The van der Waals surface area contributed by atoms with Gasteiger partial charge in [-0.1, -0.05) is 36.4 Å². The van der Waals surface area contributed by atoms with Gasteiger partial charge in [-0.15, -0.1) is 0 Å². The maximum Gasteiger partial charge on any atom is 0.416 e. The summed E-state index contributed by atoms with van der Waals surface area (Å²) in [4.78, 5) is 14.4. The summed E-state index contributed by atoms with van der Waals surface area (Å²) in [5.41, 5.74) is 0.172. The van der Waals surface area contributed by atoms with Crippen LogP contribution in [0.4, 0.5) is 13.2 Å². The Hall–Kier alpha value is -2.50. The molecular formula is C20H20F3NO2. The van der Waals surface area contributed by atoms with E-state index in [0.29, 0.717) is 5.75 Å². The number of halogens is 3. The zero-order chi connectivity index (χ0) is 18.7. The highest BCUT2D eigenvalue weighted by Crippen LogP contribution is 2.35. The van der Waals surface area contributed by atoms with Crippen LogP contribution in [-0.4, -0.2) is 24.0 Å². The molecular weight excluding hydrogens is 343 g/mol. The van der Waals surface area contributed by atoms with Crippen molar-refractivity contribution in [2.75, 3.05) is 7.11 Å². The van der Waals surface area contributed by atoms with Gasteiger partial charge in [-0.05, 0) is 30.5 Å². The second-order valence-corrected chi connectivity index (χ2v) is 6.40. The van der Waals surface area contributed by atoms with Gasteiger partial charge in [0.05, 0.1) is 19.1 Å². The Labute approximate surface area is 150 Å². The van der Waals surface area contributed by atoms with Crippen LogP contribution in [0.15, 0.2) is 48.5 Å². The Kier molecular flexibility index (Phi) is 5.20. The number of alkyl halides is 3. The largest absolute Gasteiger partial charge is 0.496 e. The molecule has 3 rings (SSSR count). The molecule has 2 aromatic rings. The molecule has 1 aliphatic rings. The molecule has 0 N–H and O–H groups in total. The third-order valence-corrected chi connectivity index (χ3v) is 4.51. The Balaban J connectivity index is 1.82. The molecule has 0 radical (unpaired) electrons. The van der Waals surface area contributed by atoms with Crippen LogP contribution in [-0.2, 0) is 23.9 Å². The molecule has 0 unspecified atom stereocenters. The molecule has 1 fully saturated rings. The average molecular weight is 363 g/mol. The molecule has 1 saturated carbocycles. The van der Waals surface area contributed by atoms with Crippen LogP contribution in [0, 0.1) is 0 Å². The third-order valence-electron chi connectivity index (χ3n) is 4.51. The molecule has 0 heterocycles. The summed E-state index contributed by atoms with van der Waals surface area (Å²) >= 11 is 0. The fraction of sp³-hybridized carbons (Fsp3) is 0.350. The van der Waals surface area contributed by atoms with Crippen molar-refractivity contribution in [3.05, 3.63) is 65.2 Å². The Morgan fingerprint density at radius 1 is 1.08 bits per heavy atom. The van der Waals surface area contributed by atoms with Crippen LogP contribution in [0.1, 0.15) is 29.5 Å². The zero-order valence-electron chi connectivity index (χ0n) is 14.4. The summed E-state index contributed by atoms with van der Waals surface area (Å²) in [6, 6.07) is 12.6. The van der Waals surface area contributed by atoms with Crippen molar-refractivity contribution in [2.45, 2.75) is 38.0 Å². The van der Waals surface area contributed by atoms with Gasteiger partial charge in [-0.25, -0.2) is 0 Å². The third kappa shape index (κ3) is 4.18. The van der Waals surface area contributed by atoms with Crippen molar-refractivity contribution in [3.63, 3.8) is 0 Å². The predicted octanol–water partition coefficient (Wildman–Crippen LogP) is 4.45. The van der Waals surface area contributed by atoms with Crippen molar-refractivity contribution in [1.82, 2.24) is 4.90 Å². The van der Waals surface area contributed by atoms with Crippen LogP contribution < -0.4 is 4.74 Å². The average Bonchev–Trinajstić information content (AvgIpc) is 3.44. The monoisotopic (exact) mass is 363 g/mol. The van der Waals surface area contributed by atoms with Gasteiger partial charge in [0.25, 0.3) is 0 Å². The number of amides is 1. The molecule has 0 atom stereocenters. The molecule has 0 saturated heterocycles. The lowest BCUT2D eigenvalue weighted by atomic mass is 10.1. The van der Waals surface area contributed by atoms with Gasteiger partial charge in [0.1, 0.15) is 5.75 Å². The van der Waals surface area contributed by atoms with E-state index in [1.807, 2.05) is 12.1 Å². The highest BCUT2D eigenvalue weighted by molar-refractivity contribution is 5.80. The van der Waals surface area contributed by atoms with E-state index in [1.54, 1.807) is 23.1 Å². The molecule has 3 nitrogen and oxygen atoms in total. The first-order valence-electron chi connectivity index (χ1n) is 8.46.